The first-order chi connectivity index (χ1) is 9.32. The standard InChI is InChI=1S/C16H20O3/c1-4-9-15(10-5-1)18-12-16(19-15)14-7-3-2-6-13(14)8-11-17-16/h2-3,6-7H,1,4-5,8-12H2. The van der Waals surface area contributed by atoms with Crippen molar-refractivity contribution in [2.75, 3.05) is 13.2 Å². The molecule has 1 atom stereocenters. The van der Waals surface area contributed by atoms with E-state index in [1.54, 1.807) is 0 Å². The molecule has 0 amide bonds. The Hall–Kier alpha value is -0.900. The molecule has 0 N–H and O–H groups in total. The van der Waals surface area contributed by atoms with E-state index in [0.29, 0.717) is 6.61 Å². The largest absolute Gasteiger partial charge is 0.344 e. The van der Waals surface area contributed by atoms with Crippen LogP contribution in [0.3, 0.4) is 0 Å². The maximum atomic E-state index is 6.40. The normalized spacial score (nSPS) is 32.6. The molecule has 3 heteroatoms. The minimum atomic E-state index is -0.647. The van der Waals surface area contributed by atoms with Crippen LogP contribution < -0.4 is 0 Å². The molecule has 4 rings (SSSR count). The van der Waals surface area contributed by atoms with Crippen LogP contribution in [-0.2, 0) is 26.4 Å². The van der Waals surface area contributed by atoms with Gasteiger partial charge in [-0.15, -0.1) is 0 Å². The fourth-order valence-electron chi connectivity index (χ4n) is 3.64. The Labute approximate surface area is 113 Å². The Kier molecular flexibility index (Phi) is 2.69. The molecule has 2 heterocycles. The molecule has 2 aliphatic heterocycles. The van der Waals surface area contributed by atoms with Crippen LogP contribution in [0.5, 0.6) is 0 Å². The number of ether oxygens (including phenoxy) is 3. The van der Waals surface area contributed by atoms with E-state index in [9.17, 15) is 0 Å². The summed E-state index contributed by atoms with van der Waals surface area (Å²) in [4.78, 5) is 0. The number of rotatable bonds is 0. The van der Waals surface area contributed by atoms with Gasteiger partial charge in [0.05, 0.1) is 6.61 Å². The Morgan fingerprint density at radius 3 is 2.68 bits per heavy atom. The zero-order valence-corrected chi connectivity index (χ0v) is 11.2. The highest BCUT2D eigenvalue weighted by Crippen LogP contribution is 2.48. The lowest BCUT2D eigenvalue weighted by molar-refractivity contribution is -0.284. The molecule has 1 saturated carbocycles. The van der Waals surface area contributed by atoms with Gasteiger partial charge in [-0.25, -0.2) is 0 Å². The smallest absolute Gasteiger partial charge is 0.222 e. The molecule has 102 valence electrons. The van der Waals surface area contributed by atoms with Gasteiger partial charge in [-0.05, 0) is 24.8 Å². The SMILES string of the molecule is c1ccc2c(c1)CCOC21COC2(CCCCC2)O1. The molecule has 1 unspecified atom stereocenters. The highest BCUT2D eigenvalue weighted by Gasteiger charge is 2.54. The van der Waals surface area contributed by atoms with Crippen LogP contribution in [0.4, 0.5) is 0 Å². The summed E-state index contributed by atoms with van der Waals surface area (Å²) in [7, 11) is 0. The maximum Gasteiger partial charge on any atom is 0.222 e. The van der Waals surface area contributed by atoms with Gasteiger partial charge in [0.1, 0.15) is 6.61 Å². The lowest BCUT2D eigenvalue weighted by Gasteiger charge is -2.37. The molecular weight excluding hydrogens is 240 g/mol. The molecule has 1 aromatic rings. The second kappa shape index (κ2) is 4.30. The van der Waals surface area contributed by atoms with E-state index in [0.717, 1.165) is 25.9 Å². The van der Waals surface area contributed by atoms with Crippen molar-refractivity contribution < 1.29 is 14.2 Å². The van der Waals surface area contributed by atoms with Crippen molar-refractivity contribution in [3.05, 3.63) is 35.4 Å². The van der Waals surface area contributed by atoms with Crippen molar-refractivity contribution in [1.82, 2.24) is 0 Å². The van der Waals surface area contributed by atoms with Crippen molar-refractivity contribution in [1.29, 1.82) is 0 Å². The van der Waals surface area contributed by atoms with Gasteiger partial charge in [-0.1, -0.05) is 30.7 Å². The van der Waals surface area contributed by atoms with Crippen LogP contribution in [0.25, 0.3) is 0 Å². The molecule has 1 aliphatic carbocycles. The van der Waals surface area contributed by atoms with Crippen molar-refractivity contribution in [3.8, 4) is 0 Å². The summed E-state index contributed by atoms with van der Waals surface area (Å²) >= 11 is 0. The van der Waals surface area contributed by atoms with Gasteiger partial charge in [0, 0.05) is 18.4 Å². The van der Waals surface area contributed by atoms with Crippen molar-refractivity contribution >= 4 is 0 Å². The molecule has 2 spiro atoms. The lowest BCUT2D eigenvalue weighted by atomic mass is 9.93. The Bertz CT molecular complexity index is 479. The fourth-order valence-corrected chi connectivity index (χ4v) is 3.64. The van der Waals surface area contributed by atoms with E-state index < -0.39 is 5.79 Å². The summed E-state index contributed by atoms with van der Waals surface area (Å²) in [5.41, 5.74) is 2.51. The van der Waals surface area contributed by atoms with Gasteiger partial charge in [0.25, 0.3) is 0 Å². The van der Waals surface area contributed by atoms with Crippen molar-refractivity contribution in [2.24, 2.45) is 0 Å². The molecule has 3 nitrogen and oxygen atoms in total. The van der Waals surface area contributed by atoms with E-state index in [1.165, 1.54) is 30.4 Å². The highest BCUT2D eigenvalue weighted by atomic mass is 16.8. The summed E-state index contributed by atoms with van der Waals surface area (Å²) in [5.74, 6) is -1.03. The molecule has 0 radical (unpaired) electrons. The number of benzene rings is 1. The highest BCUT2D eigenvalue weighted by molar-refractivity contribution is 5.33. The van der Waals surface area contributed by atoms with E-state index in [4.69, 9.17) is 14.2 Å². The first-order valence-electron chi connectivity index (χ1n) is 7.39. The van der Waals surface area contributed by atoms with Crippen LogP contribution in [0.1, 0.15) is 43.2 Å². The molecule has 3 aliphatic rings. The van der Waals surface area contributed by atoms with Gasteiger partial charge < -0.3 is 14.2 Å². The van der Waals surface area contributed by atoms with Crippen LogP contribution in [0.15, 0.2) is 24.3 Å². The summed E-state index contributed by atoms with van der Waals surface area (Å²) in [6.45, 7) is 1.25. The van der Waals surface area contributed by atoms with E-state index in [1.807, 2.05) is 0 Å². The molecule has 0 bridgehead atoms. The monoisotopic (exact) mass is 260 g/mol. The average molecular weight is 260 g/mol. The predicted molar refractivity (Wildman–Crippen MR) is 70.6 cm³/mol. The number of fused-ring (bicyclic) bond motifs is 2. The second-order valence-corrected chi connectivity index (χ2v) is 5.87. The van der Waals surface area contributed by atoms with E-state index in [-0.39, 0.29) is 5.79 Å². The topological polar surface area (TPSA) is 27.7 Å². The van der Waals surface area contributed by atoms with Gasteiger partial charge in [-0.2, -0.15) is 0 Å². The zero-order chi connectivity index (χ0) is 12.8. The summed E-state index contributed by atoms with van der Waals surface area (Å²) in [5, 5.41) is 0. The Balaban J connectivity index is 1.69. The van der Waals surface area contributed by atoms with Gasteiger partial charge in [0.15, 0.2) is 5.79 Å². The number of hydrogen-bond donors (Lipinski definition) is 0. The molecular formula is C16H20O3. The van der Waals surface area contributed by atoms with Gasteiger partial charge in [0.2, 0.25) is 5.79 Å². The average Bonchev–Trinajstić information content (AvgIpc) is 2.80. The fraction of sp³-hybridized carbons (Fsp3) is 0.625. The third kappa shape index (κ3) is 1.83. The van der Waals surface area contributed by atoms with Crippen LogP contribution in [0.2, 0.25) is 0 Å². The quantitative estimate of drug-likeness (QED) is 0.717. The van der Waals surface area contributed by atoms with Crippen LogP contribution in [-0.4, -0.2) is 19.0 Å². The summed E-state index contributed by atoms with van der Waals surface area (Å²) in [6.07, 6.45) is 6.64. The first-order valence-corrected chi connectivity index (χ1v) is 7.39. The van der Waals surface area contributed by atoms with Gasteiger partial charge >= 0.3 is 0 Å². The summed E-state index contributed by atoms with van der Waals surface area (Å²) < 4.78 is 18.5. The molecule has 0 aromatic heterocycles. The Morgan fingerprint density at radius 1 is 0.947 bits per heavy atom. The Morgan fingerprint density at radius 2 is 1.79 bits per heavy atom. The van der Waals surface area contributed by atoms with Crippen molar-refractivity contribution in [2.45, 2.75) is 50.1 Å². The number of hydrogen-bond acceptors (Lipinski definition) is 3. The second-order valence-electron chi connectivity index (χ2n) is 5.87. The van der Waals surface area contributed by atoms with E-state index in [2.05, 4.69) is 24.3 Å². The van der Waals surface area contributed by atoms with Gasteiger partial charge in [-0.3, -0.25) is 0 Å². The third-order valence-electron chi connectivity index (χ3n) is 4.63. The molecule has 1 aromatic carbocycles. The summed E-state index contributed by atoms with van der Waals surface area (Å²) in [6, 6.07) is 8.45. The predicted octanol–water partition coefficient (Wildman–Crippen LogP) is 3.12. The van der Waals surface area contributed by atoms with Crippen LogP contribution in [0, 0.1) is 0 Å². The maximum absolute atomic E-state index is 6.40. The minimum absolute atomic E-state index is 0.386. The van der Waals surface area contributed by atoms with Crippen molar-refractivity contribution in [3.63, 3.8) is 0 Å². The first kappa shape index (κ1) is 11.9. The third-order valence-corrected chi connectivity index (χ3v) is 4.63. The zero-order valence-electron chi connectivity index (χ0n) is 11.2. The molecule has 1 saturated heterocycles. The van der Waals surface area contributed by atoms with Crippen LogP contribution >= 0.6 is 0 Å². The van der Waals surface area contributed by atoms with E-state index >= 15 is 0 Å². The lowest BCUT2D eigenvalue weighted by Crippen LogP contribution is -2.41. The minimum Gasteiger partial charge on any atom is -0.344 e. The molecule has 2 fully saturated rings. The molecule has 19 heavy (non-hydrogen) atoms.